The number of nitrogens with zero attached hydrogens (tertiary/aromatic N) is 1. The Morgan fingerprint density at radius 2 is 2.46 bits per heavy atom. The van der Waals surface area contributed by atoms with Crippen molar-refractivity contribution in [1.29, 1.82) is 0 Å². The third-order valence-corrected chi connectivity index (χ3v) is 2.67. The minimum atomic E-state index is 0.256. The van der Waals surface area contributed by atoms with Crippen LogP contribution in [0.1, 0.15) is 26.2 Å². The van der Waals surface area contributed by atoms with E-state index in [9.17, 15) is 4.79 Å². The molecule has 0 aromatic carbocycles. The van der Waals surface area contributed by atoms with Crippen LogP contribution in [0.3, 0.4) is 0 Å². The normalized spacial score (nSPS) is 24.3. The molecule has 1 fully saturated rings. The van der Waals surface area contributed by atoms with E-state index in [0.717, 1.165) is 32.5 Å². The first-order valence-corrected chi connectivity index (χ1v) is 4.96. The lowest BCUT2D eigenvalue weighted by Crippen LogP contribution is -2.40. The molecule has 0 radical (unpaired) electrons. The van der Waals surface area contributed by atoms with Gasteiger partial charge in [-0.1, -0.05) is 6.92 Å². The van der Waals surface area contributed by atoms with Crippen LogP contribution >= 0.6 is 0 Å². The first kappa shape index (κ1) is 10.3. The van der Waals surface area contributed by atoms with E-state index in [4.69, 9.17) is 6.42 Å². The van der Waals surface area contributed by atoms with E-state index in [-0.39, 0.29) is 5.92 Å². The smallest absolute Gasteiger partial charge is 0.138 e. The van der Waals surface area contributed by atoms with Crippen molar-refractivity contribution < 1.29 is 4.79 Å². The molecule has 2 heteroatoms. The lowest BCUT2D eigenvalue weighted by atomic mass is 9.94. The Morgan fingerprint density at radius 1 is 1.69 bits per heavy atom. The van der Waals surface area contributed by atoms with Gasteiger partial charge >= 0.3 is 0 Å². The molecule has 0 amide bonds. The summed E-state index contributed by atoms with van der Waals surface area (Å²) in [4.78, 5) is 13.7. The van der Waals surface area contributed by atoms with Crippen LogP contribution in [0, 0.1) is 18.3 Å². The molecule has 0 aromatic heterocycles. The van der Waals surface area contributed by atoms with Crippen LogP contribution in [0.5, 0.6) is 0 Å². The molecule has 1 unspecified atom stereocenters. The Kier molecular flexibility index (Phi) is 3.98. The number of hydrogen-bond acceptors (Lipinski definition) is 2. The first-order chi connectivity index (χ1) is 6.27. The van der Waals surface area contributed by atoms with Crippen molar-refractivity contribution in [3.05, 3.63) is 0 Å². The summed E-state index contributed by atoms with van der Waals surface area (Å²) in [5, 5.41) is 0. The van der Waals surface area contributed by atoms with Crippen LogP contribution in [-0.2, 0) is 4.79 Å². The van der Waals surface area contributed by atoms with Gasteiger partial charge < -0.3 is 4.90 Å². The maximum Gasteiger partial charge on any atom is 0.138 e. The van der Waals surface area contributed by atoms with Crippen molar-refractivity contribution in [2.24, 2.45) is 5.92 Å². The highest BCUT2D eigenvalue weighted by Gasteiger charge is 2.24. The predicted octanol–water partition coefficient (Wildman–Crippen LogP) is 1.31. The molecule has 0 aliphatic carbocycles. The van der Waals surface area contributed by atoms with E-state index in [2.05, 4.69) is 17.7 Å². The molecule has 1 aliphatic heterocycles. The predicted molar refractivity (Wildman–Crippen MR) is 53.3 cm³/mol. The van der Waals surface area contributed by atoms with Crippen LogP contribution in [0.2, 0.25) is 0 Å². The van der Waals surface area contributed by atoms with Crippen LogP contribution in [0.25, 0.3) is 0 Å². The molecular weight excluding hydrogens is 162 g/mol. The maximum absolute atomic E-state index is 11.4. The molecule has 0 N–H and O–H groups in total. The number of carbonyl (C=O) groups excluding carboxylic acids is 1. The second kappa shape index (κ2) is 5.04. The summed E-state index contributed by atoms with van der Waals surface area (Å²) >= 11 is 0. The van der Waals surface area contributed by atoms with E-state index in [1.165, 1.54) is 0 Å². The van der Waals surface area contributed by atoms with Gasteiger partial charge in [-0.3, -0.25) is 4.79 Å². The minimum Gasteiger partial charge on any atom is -0.301 e. The van der Waals surface area contributed by atoms with Gasteiger partial charge in [0.2, 0.25) is 0 Å². The summed E-state index contributed by atoms with van der Waals surface area (Å²) in [5.74, 6) is 3.32. The number of rotatable bonds is 3. The zero-order valence-corrected chi connectivity index (χ0v) is 8.25. The van der Waals surface area contributed by atoms with Crippen molar-refractivity contribution in [2.75, 3.05) is 19.6 Å². The van der Waals surface area contributed by atoms with Crippen LogP contribution in [-0.4, -0.2) is 30.3 Å². The maximum atomic E-state index is 11.4. The van der Waals surface area contributed by atoms with Gasteiger partial charge in [0.25, 0.3) is 0 Å². The number of piperidine rings is 1. The van der Waals surface area contributed by atoms with Gasteiger partial charge in [-0.2, -0.15) is 0 Å². The molecule has 1 atom stereocenters. The molecule has 72 valence electrons. The molecule has 0 bridgehead atoms. The van der Waals surface area contributed by atoms with Crippen molar-refractivity contribution >= 4 is 5.78 Å². The van der Waals surface area contributed by atoms with Crippen LogP contribution in [0.15, 0.2) is 0 Å². The fraction of sp³-hybridized carbons (Fsp3) is 0.727. The Balaban J connectivity index is 2.36. The average molecular weight is 179 g/mol. The molecule has 1 rings (SSSR count). The van der Waals surface area contributed by atoms with Gasteiger partial charge in [-0.25, -0.2) is 0 Å². The third kappa shape index (κ3) is 2.86. The summed E-state index contributed by atoms with van der Waals surface area (Å²) in [6, 6.07) is 0. The summed E-state index contributed by atoms with van der Waals surface area (Å²) in [6.45, 7) is 4.83. The lowest BCUT2D eigenvalue weighted by molar-refractivity contribution is -0.126. The molecule has 0 aromatic rings. The lowest BCUT2D eigenvalue weighted by Gasteiger charge is -2.30. The largest absolute Gasteiger partial charge is 0.301 e. The summed E-state index contributed by atoms with van der Waals surface area (Å²) in [7, 11) is 0. The Bertz CT molecular complexity index is 217. The molecule has 13 heavy (non-hydrogen) atoms. The van der Waals surface area contributed by atoms with Gasteiger partial charge in [-0.05, 0) is 6.42 Å². The number of likely N-dealkylation sites (tertiary alicyclic amines) is 1. The van der Waals surface area contributed by atoms with Crippen molar-refractivity contribution in [2.45, 2.75) is 26.2 Å². The van der Waals surface area contributed by atoms with E-state index in [1.807, 2.05) is 0 Å². The average Bonchev–Trinajstić information content (AvgIpc) is 2.16. The highest BCUT2D eigenvalue weighted by molar-refractivity contribution is 5.82. The fourth-order valence-corrected chi connectivity index (χ4v) is 1.76. The second-order valence-electron chi connectivity index (χ2n) is 3.58. The molecule has 1 saturated heterocycles. The highest BCUT2D eigenvalue weighted by Crippen LogP contribution is 2.15. The summed E-state index contributed by atoms with van der Waals surface area (Å²) in [5.41, 5.74) is 0. The van der Waals surface area contributed by atoms with Gasteiger partial charge in [0, 0.05) is 38.4 Å². The summed E-state index contributed by atoms with van der Waals surface area (Å²) in [6.07, 6.45) is 7.67. The highest BCUT2D eigenvalue weighted by atomic mass is 16.1. The van der Waals surface area contributed by atoms with Crippen LogP contribution < -0.4 is 0 Å². The van der Waals surface area contributed by atoms with Crippen molar-refractivity contribution in [3.8, 4) is 12.3 Å². The Labute approximate surface area is 80.3 Å². The zero-order chi connectivity index (χ0) is 9.68. The van der Waals surface area contributed by atoms with Gasteiger partial charge in [0.15, 0.2) is 0 Å². The Morgan fingerprint density at radius 3 is 3.08 bits per heavy atom. The number of Topliss-reactive ketones (excluding diaryl/α,β-unsaturated/α-hetero) is 1. The van der Waals surface area contributed by atoms with E-state index in [0.29, 0.717) is 12.2 Å². The molecule has 1 heterocycles. The minimum absolute atomic E-state index is 0.256. The monoisotopic (exact) mass is 179 g/mol. The van der Waals surface area contributed by atoms with Gasteiger partial charge in [-0.15, -0.1) is 12.3 Å². The van der Waals surface area contributed by atoms with E-state index >= 15 is 0 Å². The summed E-state index contributed by atoms with van der Waals surface area (Å²) < 4.78 is 0. The standard InChI is InChI=1S/C11H17NO/c1-3-5-7-12-8-6-11(13)10(4-2)9-12/h1,10H,4-9H2,2H3. The molecule has 1 aliphatic rings. The topological polar surface area (TPSA) is 20.3 Å². The number of hydrogen-bond donors (Lipinski definition) is 0. The third-order valence-electron chi connectivity index (χ3n) is 2.67. The number of terminal acetylenes is 1. The fourth-order valence-electron chi connectivity index (χ4n) is 1.76. The quantitative estimate of drug-likeness (QED) is 0.609. The van der Waals surface area contributed by atoms with E-state index in [1.54, 1.807) is 0 Å². The number of ketones is 1. The molecule has 0 saturated carbocycles. The van der Waals surface area contributed by atoms with Crippen LogP contribution in [0.4, 0.5) is 0 Å². The zero-order valence-electron chi connectivity index (χ0n) is 8.25. The molecular formula is C11H17NO. The van der Waals surface area contributed by atoms with Gasteiger partial charge in [0.1, 0.15) is 5.78 Å². The molecule has 2 nitrogen and oxygen atoms in total. The van der Waals surface area contributed by atoms with E-state index < -0.39 is 0 Å². The number of carbonyl (C=O) groups is 1. The van der Waals surface area contributed by atoms with Crippen molar-refractivity contribution in [3.63, 3.8) is 0 Å². The van der Waals surface area contributed by atoms with Gasteiger partial charge in [0.05, 0.1) is 0 Å². The van der Waals surface area contributed by atoms with Crippen molar-refractivity contribution in [1.82, 2.24) is 4.90 Å². The SMILES string of the molecule is C#CCCN1CCC(=O)C(CC)C1. The molecule has 0 spiro atoms. The first-order valence-electron chi connectivity index (χ1n) is 4.96. The Hall–Kier alpha value is -0.810. The second-order valence-corrected chi connectivity index (χ2v) is 3.58.